The monoisotopic (exact) mass is 318 g/mol. The molecule has 1 N–H and O–H groups in total. The molecule has 1 aliphatic rings. The highest BCUT2D eigenvalue weighted by Crippen LogP contribution is 2.23. The van der Waals surface area contributed by atoms with E-state index in [1.54, 1.807) is 0 Å². The molecule has 0 aromatic heterocycles. The van der Waals surface area contributed by atoms with Gasteiger partial charge in [0.15, 0.2) is 0 Å². The summed E-state index contributed by atoms with van der Waals surface area (Å²) in [5.41, 5.74) is 1.19. The lowest BCUT2D eigenvalue weighted by Gasteiger charge is -2.30. The fraction of sp³-hybridized carbons (Fsp3) is 0.632. The molecule has 1 aliphatic carbocycles. The second-order valence-electron chi connectivity index (χ2n) is 6.84. The molecule has 128 valence electrons. The highest BCUT2D eigenvalue weighted by atomic mass is 16.5. The lowest BCUT2D eigenvalue weighted by Crippen LogP contribution is -2.45. The molecule has 23 heavy (non-hydrogen) atoms. The molecule has 0 bridgehead atoms. The van der Waals surface area contributed by atoms with E-state index in [1.165, 1.54) is 24.8 Å². The van der Waals surface area contributed by atoms with Gasteiger partial charge in [0.2, 0.25) is 5.91 Å². The zero-order valence-corrected chi connectivity index (χ0v) is 14.7. The Morgan fingerprint density at radius 2 is 2.13 bits per heavy atom. The molecule has 4 heteroatoms. The van der Waals surface area contributed by atoms with Gasteiger partial charge in [-0.3, -0.25) is 9.69 Å². The fourth-order valence-corrected chi connectivity index (χ4v) is 3.13. The summed E-state index contributed by atoms with van der Waals surface area (Å²) in [7, 11) is 1.96. The van der Waals surface area contributed by atoms with Crippen LogP contribution in [0.4, 0.5) is 0 Å². The van der Waals surface area contributed by atoms with Gasteiger partial charge in [-0.15, -0.1) is 0 Å². The lowest BCUT2D eigenvalue weighted by atomic mass is 9.86. The van der Waals surface area contributed by atoms with Crippen LogP contribution in [-0.2, 0) is 4.79 Å². The first-order valence-corrected chi connectivity index (χ1v) is 8.72. The SMILES string of the molecule is Cc1cccc(OCCN(C)CC(=O)N[C@@H]2CCCC[C@@H]2C)c1. The van der Waals surface area contributed by atoms with Crippen molar-refractivity contribution >= 4 is 5.91 Å². The van der Waals surface area contributed by atoms with Crippen LogP contribution in [-0.4, -0.2) is 43.6 Å². The number of carbonyl (C=O) groups is 1. The maximum Gasteiger partial charge on any atom is 0.234 e. The van der Waals surface area contributed by atoms with E-state index in [4.69, 9.17) is 4.74 Å². The van der Waals surface area contributed by atoms with Crippen LogP contribution in [0.2, 0.25) is 0 Å². The molecular weight excluding hydrogens is 288 g/mol. The van der Waals surface area contributed by atoms with Crippen molar-refractivity contribution in [2.75, 3.05) is 26.7 Å². The van der Waals surface area contributed by atoms with Gasteiger partial charge in [-0.25, -0.2) is 0 Å². The molecule has 0 radical (unpaired) electrons. The first kappa shape index (κ1) is 17.8. The van der Waals surface area contributed by atoms with Gasteiger partial charge < -0.3 is 10.1 Å². The summed E-state index contributed by atoms with van der Waals surface area (Å²) in [6.45, 7) is 6.05. The molecule has 1 amide bonds. The molecule has 4 nitrogen and oxygen atoms in total. The molecule has 1 aromatic rings. The number of hydrogen-bond acceptors (Lipinski definition) is 3. The zero-order valence-electron chi connectivity index (χ0n) is 14.7. The Kier molecular flexibility index (Phi) is 6.90. The summed E-state index contributed by atoms with van der Waals surface area (Å²) >= 11 is 0. The maximum atomic E-state index is 12.2. The Balaban J connectivity index is 1.65. The Labute approximate surface area is 140 Å². The third-order valence-electron chi connectivity index (χ3n) is 4.60. The van der Waals surface area contributed by atoms with Gasteiger partial charge in [-0.2, -0.15) is 0 Å². The van der Waals surface area contributed by atoms with E-state index in [2.05, 4.69) is 25.2 Å². The van der Waals surface area contributed by atoms with Crippen molar-refractivity contribution < 1.29 is 9.53 Å². The van der Waals surface area contributed by atoms with Crippen LogP contribution in [0.15, 0.2) is 24.3 Å². The van der Waals surface area contributed by atoms with Crippen LogP contribution in [0.5, 0.6) is 5.75 Å². The van der Waals surface area contributed by atoms with Crippen molar-refractivity contribution in [3.8, 4) is 5.75 Å². The first-order valence-electron chi connectivity index (χ1n) is 8.72. The normalized spacial score (nSPS) is 21.2. The first-order chi connectivity index (χ1) is 11.0. The van der Waals surface area contributed by atoms with E-state index in [1.807, 2.05) is 30.1 Å². The number of nitrogens with zero attached hydrogens (tertiary/aromatic N) is 1. The van der Waals surface area contributed by atoms with Crippen LogP contribution in [0.1, 0.15) is 38.2 Å². The molecule has 0 saturated heterocycles. The minimum atomic E-state index is 0.127. The van der Waals surface area contributed by atoms with Gasteiger partial charge in [0.1, 0.15) is 12.4 Å². The maximum absolute atomic E-state index is 12.2. The number of ether oxygens (including phenoxy) is 1. The average molecular weight is 318 g/mol. The van der Waals surface area contributed by atoms with Gasteiger partial charge in [0.05, 0.1) is 6.54 Å². The molecule has 1 aromatic carbocycles. The van der Waals surface area contributed by atoms with E-state index in [9.17, 15) is 4.79 Å². The number of amides is 1. The number of nitrogens with one attached hydrogen (secondary N) is 1. The van der Waals surface area contributed by atoms with E-state index in [-0.39, 0.29) is 5.91 Å². The largest absolute Gasteiger partial charge is 0.492 e. The van der Waals surface area contributed by atoms with Gasteiger partial charge in [-0.1, -0.05) is 31.9 Å². The third-order valence-corrected chi connectivity index (χ3v) is 4.60. The van der Waals surface area contributed by atoms with Crippen molar-refractivity contribution in [2.24, 2.45) is 5.92 Å². The van der Waals surface area contributed by atoms with Crippen LogP contribution >= 0.6 is 0 Å². The molecule has 1 fully saturated rings. The predicted molar refractivity (Wildman–Crippen MR) is 93.7 cm³/mol. The van der Waals surface area contributed by atoms with Crippen molar-refractivity contribution in [2.45, 2.75) is 45.6 Å². The third kappa shape index (κ3) is 6.22. The summed E-state index contributed by atoms with van der Waals surface area (Å²) in [4.78, 5) is 14.2. The number of likely N-dealkylation sites (N-methyl/N-ethyl adjacent to an activating group) is 1. The predicted octanol–water partition coefficient (Wildman–Crippen LogP) is 3.00. The number of aryl methyl sites for hydroxylation is 1. The number of carbonyl (C=O) groups excluding carboxylic acids is 1. The topological polar surface area (TPSA) is 41.6 Å². The quantitative estimate of drug-likeness (QED) is 0.840. The summed E-state index contributed by atoms with van der Waals surface area (Å²) in [5, 5.41) is 3.19. The smallest absolute Gasteiger partial charge is 0.234 e. The number of hydrogen-bond donors (Lipinski definition) is 1. The van der Waals surface area contributed by atoms with Gasteiger partial charge in [0.25, 0.3) is 0 Å². The second kappa shape index (κ2) is 8.92. The molecule has 2 atom stereocenters. The van der Waals surface area contributed by atoms with E-state index in [0.29, 0.717) is 25.1 Å². The summed E-state index contributed by atoms with van der Waals surface area (Å²) in [6, 6.07) is 8.39. The fourth-order valence-electron chi connectivity index (χ4n) is 3.13. The minimum Gasteiger partial charge on any atom is -0.492 e. The van der Waals surface area contributed by atoms with Gasteiger partial charge in [-0.05, 0) is 50.4 Å². The number of benzene rings is 1. The average Bonchev–Trinajstić information content (AvgIpc) is 2.49. The Bertz CT molecular complexity index is 504. The summed E-state index contributed by atoms with van der Waals surface area (Å²) in [5.74, 6) is 1.61. The van der Waals surface area contributed by atoms with E-state index < -0.39 is 0 Å². The van der Waals surface area contributed by atoms with E-state index in [0.717, 1.165) is 18.7 Å². The molecule has 2 rings (SSSR count). The molecule has 1 saturated carbocycles. The Hall–Kier alpha value is -1.55. The van der Waals surface area contributed by atoms with Crippen molar-refractivity contribution in [3.63, 3.8) is 0 Å². The van der Waals surface area contributed by atoms with Gasteiger partial charge in [0, 0.05) is 12.6 Å². The molecule has 0 heterocycles. The van der Waals surface area contributed by atoms with Crippen molar-refractivity contribution in [1.82, 2.24) is 10.2 Å². The molecule has 0 aliphatic heterocycles. The molecule has 0 spiro atoms. The van der Waals surface area contributed by atoms with Crippen LogP contribution in [0.3, 0.4) is 0 Å². The van der Waals surface area contributed by atoms with Crippen LogP contribution < -0.4 is 10.1 Å². The summed E-state index contributed by atoms with van der Waals surface area (Å²) < 4.78 is 5.73. The zero-order chi connectivity index (χ0) is 16.7. The van der Waals surface area contributed by atoms with Gasteiger partial charge >= 0.3 is 0 Å². The van der Waals surface area contributed by atoms with Crippen LogP contribution in [0, 0.1) is 12.8 Å². The highest BCUT2D eigenvalue weighted by Gasteiger charge is 2.22. The Morgan fingerprint density at radius 3 is 2.87 bits per heavy atom. The standard InChI is InChI=1S/C19H30N2O2/c1-15-7-6-9-17(13-15)23-12-11-21(3)14-19(22)20-18-10-5-4-8-16(18)2/h6-7,9,13,16,18H,4-5,8,10-12,14H2,1-3H3,(H,20,22)/t16-,18+/m0/s1. The lowest BCUT2D eigenvalue weighted by molar-refractivity contribution is -0.123. The second-order valence-corrected chi connectivity index (χ2v) is 6.84. The summed E-state index contributed by atoms with van der Waals surface area (Å²) in [6.07, 6.45) is 4.87. The van der Waals surface area contributed by atoms with Crippen molar-refractivity contribution in [3.05, 3.63) is 29.8 Å². The van der Waals surface area contributed by atoms with Crippen molar-refractivity contribution in [1.29, 1.82) is 0 Å². The molecular formula is C19H30N2O2. The minimum absolute atomic E-state index is 0.127. The van der Waals surface area contributed by atoms with E-state index >= 15 is 0 Å². The number of rotatable bonds is 7. The van der Waals surface area contributed by atoms with Crippen LogP contribution in [0.25, 0.3) is 0 Å². The Morgan fingerprint density at radius 1 is 1.35 bits per heavy atom. The highest BCUT2D eigenvalue weighted by molar-refractivity contribution is 5.78. The molecule has 0 unspecified atom stereocenters.